The number of benzene rings is 3. The van der Waals surface area contributed by atoms with Gasteiger partial charge in [-0.2, -0.15) is 0 Å². The van der Waals surface area contributed by atoms with Gasteiger partial charge in [-0.1, -0.05) is 47.5 Å². The number of hydrogen-bond donors (Lipinski definition) is 1. The average Bonchev–Trinajstić information content (AvgIpc) is 3.12. The molecule has 1 unspecified atom stereocenters. The quantitative estimate of drug-likeness (QED) is 0.226. The SMILES string of the molecule is CCN(CC)c1ccc(C2/C(=C(/O)c3ccc(Cl)c(Cl)c3)C(=O)C(=O)N2c2cccc(C)c2)cc1. The molecule has 1 atom stereocenters. The van der Waals surface area contributed by atoms with E-state index in [1.807, 2.05) is 49.4 Å². The van der Waals surface area contributed by atoms with E-state index < -0.39 is 17.7 Å². The van der Waals surface area contributed by atoms with Crippen molar-refractivity contribution in [3.63, 3.8) is 0 Å². The van der Waals surface area contributed by atoms with Crippen LogP contribution < -0.4 is 9.80 Å². The molecule has 0 spiro atoms. The van der Waals surface area contributed by atoms with E-state index in [9.17, 15) is 14.7 Å². The van der Waals surface area contributed by atoms with Crippen molar-refractivity contribution in [3.8, 4) is 0 Å². The summed E-state index contributed by atoms with van der Waals surface area (Å²) in [7, 11) is 0. The molecule has 0 radical (unpaired) electrons. The van der Waals surface area contributed by atoms with Crippen molar-refractivity contribution in [2.45, 2.75) is 26.8 Å². The first-order chi connectivity index (χ1) is 16.8. The van der Waals surface area contributed by atoms with Gasteiger partial charge in [0.15, 0.2) is 0 Å². The lowest BCUT2D eigenvalue weighted by molar-refractivity contribution is -0.132. The fourth-order valence-corrected chi connectivity index (χ4v) is 4.75. The molecule has 180 valence electrons. The predicted octanol–water partition coefficient (Wildman–Crippen LogP) is 6.77. The van der Waals surface area contributed by atoms with Gasteiger partial charge in [0.05, 0.1) is 21.7 Å². The number of carbonyl (C=O) groups is 2. The Balaban J connectivity index is 1.91. The van der Waals surface area contributed by atoms with Crippen LogP contribution in [0.2, 0.25) is 10.0 Å². The monoisotopic (exact) mass is 508 g/mol. The van der Waals surface area contributed by atoms with E-state index in [2.05, 4.69) is 18.7 Å². The number of aliphatic hydroxyl groups excluding tert-OH is 1. The topological polar surface area (TPSA) is 60.9 Å². The largest absolute Gasteiger partial charge is 0.507 e. The van der Waals surface area contributed by atoms with Crippen molar-refractivity contribution >= 4 is 52.0 Å². The molecule has 7 heteroatoms. The second-order valence-electron chi connectivity index (χ2n) is 8.40. The first-order valence-corrected chi connectivity index (χ1v) is 12.2. The Labute approximate surface area is 215 Å². The maximum Gasteiger partial charge on any atom is 0.300 e. The van der Waals surface area contributed by atoms with Crippen LogP contribution in [0.3, 0.4) is 0 Å². The lowest BCUT2D eigenvalue weighted by Gasteiger charge is -2.27. The molecular formula is C28H26Cl2N2O3. The highest BCUT2D eigenvalue weighted by Gasteiger charge is 2.47. The highest BCUT2D eigenvalue weighted by atomic mass is 35.5. The number of aliphatic hydroxyl groups is 1. The second kappa shape index (κ2) is 10.1. The van der Waals surface area contributed by atoms with Crippen LogP contribution in [0, 0.1) is 6.92 Å². The molecule has 35 heavy (non-hydrogen) atoms. The number of carbonyl (C=O) groups excluding carboxylic acids is 2. The highest BCUT2D eigenvalue weighted by molar-refractivity contribution is 6.51. The molecule has 0 bridgehead atoms. The molecule has 1 fully saturated rings. The standard InChI is InChI=1S/C28H26Cl2N2O3/c1-4-31(5-2)20-12-9-18(10-13-20)25-24(26(33)19-11-14-22(29)23(30)16-19)27(34)28(35)32(25)21-8-6-7-17(3)15-21/h6-16,25,33H,4-5H2,1-3H3/b26-24-. The fraction of sp³-hybridized carbons (Fsp3) is 0.214. The van der Waals surface area contributed by atoms with E-state index in [0.29, 0.717) is 21.8 Å². The first kappa shape index (κ1) is 24.8. The van der Waals surface area contributed by atoms with Crippen LogP contribution in [0.15, 0.2) is 72.3 Å². The van der Waals surface area contributed by atoms with Gasteiger partial charge in [-0.3, -0.25) is 14.5 Å². The third-order valence-corrected chi connectivity index (χ3v) is 6.99. The van der Waals surface area contributed by atoms with Gasteiger partial charge in [0.25, 0.3) is 11.7 Å². The van der Waals surface area contributed by atoms with Crippen LogP contribution >= 0.6 is 23.2 Å². The summed E-state index contributed by atoms with van der Waals surface area (Å²) in [5.74, 6) is -1.75. The van der Waals surface area contributed by atoms with Gasteiger partial charge in [-0.05, 0) is 74.4 Å². The summed E-state index contributed by atoms with van der Waals surface area (Å²) in [4.78, 5) is 30.3. The van der Waals surface area contributed by atoms with Crippen molar-refractivity contribution in [1.29, 1.82) is 0 Å². The summed E-state index contributed by atoms with van der Waals surface area (Å²) in [6.45, 7) is 7.80. The molecule has 1 aliphatic rings. The number of ketones is 1. The summed E-state index contributed by atoms with van der Waals surface area (Å²) in [5, 5.41) is 11.8. The molecule has 1 saturated heterocycles. The maximum absolute atomic E-state index is 13.3. The van der Waals surface area contributed by atoms with E-state index in [-0.39, 0.29) is 16.4 Å². The smallest absolute Gasteiger partial charge is 0.300 e. The summed E-state index contributed by atoms with van der Waals surface area (Å²) < 4.78 is 0. The average molecular weight is 509 g/mol. The Kier molecular flexibility index (Phi) is 7.20. The van der Waals surface area contributed by atoms with Crippen LogP contribution in [0.5, 0.6) is 0 Å². The summed E-state index contributed by atoms with van der Waals surface area (Å²) in [6.07, 6.45) is 0. The number of anilines is 2. The zero-order valence-corrected chi connectivity index (χ0v) is 21.3. The molecule has 1 heterocycles. The maximum atomic E-state index is 13.3. The summed E-state index contributed by atoms with van der Waals surface area (Å²) in [6, 6.07) is 18.9. The van der Waals surface area contributed by atoms with Gasteiger partial charge in [0.1, 0.15) is 5.76 Å². The van der Waals surface area contributed by atoms with Crippen LogP contribution in [0.25, 0.3) is 5.76 Å². The Hall–Kier alpha value is -3.28. The fourth-order valence-electron chi connectivity index (χ4n) is 4.45. The van der Waals surface area contributed by atoms with Gasteiger partial charge in [-0.15, -0.1) is 0 Å². The van der Waals surface area contributed by atoms with E-state index in [0.717, 1.165) is 24.3 Å². The van der Waals surface area contributed by atoms with Gasteiger partial charge in [-0.25, -0.2) is 0 Å². The third kappa shape index (κ3) is 4.66. The molecule has 1 aliphatic heterocycles. The first-order valence-electron chi connectivity index (χ1n) is 11.4. The molecule has 1 amide bonds. The molecular weight excluding hydrogens is 483 g/mol. The Bertz CT molecular complexity index is 1310. The molecule has 0 aliphatic carbocycles. The minimum absolute atomic E-state index is 0.00508. The number of Topliss-reactive ketones (excluding diaryl/α,β-unsaturated/α-hetero) is 1. The van der Waals surface area contributed by atoms with E-state index >= 15 is 0 Å². The van der Waals surface area contributed by atoms with E-state index in [1.54, 1.807) is 18.2 Å². The molecule has 0 aromatic heterocycles. The lowest BCUT2D eigenvalue weighted by atomic mass is 9.94. The summed E-state index contributed by atoms with van der Waals surface area (Å²) >= 11 is 12.2. The molecule has 3 aromatic rings. The van der Waals surface area contributed by atoms with Gasteiger partial charge in [0, 0.05) is 30.0 Å². The van der Waals surface area contributed by atoms with Gasteiger partial charge >= 0.3 is 0 Å². The van der Waals surface area contributed by atoms with Crippen molar-refractivity contribution < 1.29 is 14.7 Å². The molecule has 4 rings (SSSR count). The van der Waals surface area contributed by atoms with Crippen LogP contribution in [-0.4, -0.2) is 29.9 Å². The van der Waals surface area contributed by atoms with Crippen molar-refractivity contribution in [2.24, 2.45) is 0 Å². The zero-order chi connectivity index (χ0) is 25.3. The zero-order valence-electron chi connectivity index (χ0n) is 19.8. The van der Waals surface area contributed by atoms with E-state index in [4.69, 9.17) is 23.2 Å². The third-order valence-electron chi connectivity index (χ3n) is 6.25. The minimum atomic E-state index is -0.808. The van der Waals surface area contributed by atoms with E-state index in [1.165, 1.54) is 11.0 Å². The lowest BCUT2D eigenvalue weighted by Crippen LogP contribution is -2.29. The van der Waals surface area contributed by atoms with Gasteiger partial charge < -0.3 is 10.0 Å². The van der Waals surface area contributed by atoms with Crippen LogP contribution in [-0.2, 0) is 9.59 Å². The van der Waals surface area contributed by atoms with Crippen molar-refractivity contribution in [1.82, 2.24) is 0 Å². The Morgan fingerprint density at radius 1 is 0.943 bits per heavy atom. The highest BCUT2D eigenvalue weighted by Crippen LogP contribution is 2.43. The van der Waals surface area contributed by atoms with Gasteiger partial charge in [0.2, 0.25) is 0 Å². The number of aryl methyl sites for hydroxylation is 1. The molecule has 0 saturated carbocycles. The van der Waals surface area contributed by atoms with Crippen molar-refractivity contribution in [3.05, 3.63) is 99.0 Å². The second-order valence-corrected chi connectivity index (χ2v) is 9.22. The number of nitrogens with zero attached hydrogens (tertiary/aromatic N) is 2. The predicted molar refractivity (Wildman–Crippen MR) is 142 cm³/mol. The number of rotatable bonds is 6. The minimum Gasteiger partial charge on any atom is -0.507 e. The van der Waals surface area contributed by atoms with Crippen LogP contribution in [0.4, 0.5) is 11.4 Å². The molecule has 5 nitrogen and oxygen atoms in total. The Morgan fingerprint density at radius 2 is 1.63 bits per heavy atom. The molecule has 3 aromatic carbocycles. The summed E-state index contributed by atoms with van der Waals surface area (Å²) in [5.41, 5.74) is 3.60. The molecule has 1 N–H and O–H groups in total. The number of hydrogen-bond acceptors (Lipinski definition) is 4. The number of amides is 1. The van der Waals surface area contributed by atoms with Crippen LogP contribution in [0.1, 0.15) is 36.6 Å². The normalized spacial score (nSPS) is 17.2. The number of halogens is 2. The van der Waals surface area contributed by atoms with Crippen molar-refractivity contribution in [2.75, 3.05) is 22.9 Å². The Morgan fingerprint density at radius 3 is 2.23 bits per heavy atom.